The summed E-state index contributed by atoms with van der Waals surface area (Å²) in [7, 11) is 1.86. The second-order valence-corrected chi connectivity index (χ2v) is 9.47. The Labute approximate surface area is 194 Å². The second-order valence-electron chi connectivity index (χ2n) is 9.47. The van der Waals surface area contributed by atoms with E-state index in [1.54, 1.807) is 11.1 Å². The molecule has 2 saturated heterocycles. The molecule has 1 aromatic heterocycles. The van der Waals surface area contributed by atoms with Crippen LogP contribution in [0.15, 0.2) is 6.20 Å². The summed E-state index contributed by atoms with van der Waals surface area (Å²) >= 11 is 0. The highest BCUT2D eigenvalue weighted by Gasteiger charge is 2.47. The van der Waals surface area contributed by atoms with Gasteiger partial charge in [-0.2, -0.15) is 13.2 Å². The number of rotatable bonds is 2. The summed E-state index contributed by atoms with van der Waals surface area (Å²) in [6.45, 7) is 4.19. The van der Waals surface area contributed by atoms with Crippen molar-refractivity contribution in [2.75, 3.05) is 44.7 Å². The van der Waals surface area contributed by atoms with Crippen LogP contribution in [0.5, 0.6) is 0 Å². The first-order valence-corrected chi connectivity index (χ1v) is 11.5. The van der Waals surface area contributed by atoms with Crippen molar-refractivity contribution in [3.05, 3.63) is 17.5 Å². The number of aliphatic carboxylic acids is 1. The second kappa shape index (κ2) is 9.03. The van der Waals surface area contributed by atoms with Gasteiger partial charge in [0.05, 0.1) is 11.3 Å². The van der Waals surface area contributed by atoms with E-state index in [2.05, 4.69) is 9.88 Å². The van der Waals surface area contributed by atoms with Crippen LogP contribution in [0.2, 0.25) is 0 Å². The van der Waals surface area contributed by atoms with Crippen molar-refractivity contribution >= 4 is 23.7 Å². The van der Waals surface area contributed by atoms with E-state index in [1.807, 2.05) is 11.9 Å². The van der Waals surface area contributed by atoms with E-state index in [0.29, 0.717) is 18.0 Å². The van der Waals surface area contributed by atoms with E-state index in [0.717, 1.165) is 63.5 Å². The van der Waals surface area contributed by atoms with Gasteiger partial charge in [0.1, 0.15) is 0 Å². The third kappa shape index (κ3) is 4.80. The van der Waals surface area contributed by atoms with E-state index in [1.165, 1.54) is 12.8 Å². The smallest absolute Gasteiger partial charge is 0.475 e. The van der Waals surface area contributed by atoms with E-state index in [4.69, 9.17) is 14.9 Å². The Kier molecular flexibility index (Phi) is 6.43. The van der Waals surface area contributed by atoms with Crippen molar-refractivity contribution < 1.29 is 32.7 Å². The van der Waals surface area contributed by atoms with Gasteiger partial charge in [0.2, 0.25) is 11.9 Å². The number of halogens is 3. The fourth-order valence-corrected chi connectivity index (χ4v) is 4.95. The summed E-state index contributed by atoms with van der Waals surface area (Å²) < 4.78 is 31.7. The highest BCUT2D eigenvalue weighted by molar-refractivity contribution is 5.96. The lowest BCUT2D eigenvalue weighted by Crippen LogP contribution is -2.54. The van der Waals surface area contributed by atoms with Gasteiger partial charge in [0.25, 0.3) is 5.91 Å². The van der Waals surface area contributed by atoms with Gasteiger partial charge in [0, 0.05) is 57.3 Å². The highest BCUT2D eigenvalue weighted by atomic mass is 19.4. The molecule has 0 bridgehead atoms. The number of carboxylic acids is 1. The van der Waals surface area contributed by atoms with Crippen LogP contribution >= 0.6 is 0 Å². The lowest BCUT2D eigenvalue weighted by atomic mass is 9.71. The number of carbonyl (C=O) groups excluding carboxylic acids is 2. The Hall–Kier alpha value is -2.92. The van der Waals surface area contributed by atoms with Crippen LogP contribution in [0.3, 0.4) is 0 Å². The Morgan fingerprint density at radius 1 is 1.12 bits per heavy atom. The fourth-order valence-electron chi connectivity index (χ4n) is 4.95. The first-order valence-electron chi connectivity index (χ1n) is 11.5. The first-order chi connectivity index (χ1) is 16.0. The number of piperidine rings is 1. The maximum Gasteiger partial charge on any atom is 0.490 e. The number of nitrogens with zero attached hydrogens (tertiary/aromatic N) is 5. The minimum absolute atomic E-state index is 0.0140. The summed E-state index contributed by atoms with van der Waals surface area (Å²) in [5.41, 5.74) is 1.41. The Bertz CT molecular complexity index is 968. The molecule has 9 nitrogen and oxygen atoms in total. The quantitative estimate of drug-likeness (QED) is 0.686. The third-order valence-electron chi connectivity index (χ3n) is 6.99. The molecular formula is C22H28F3N5O4. The number of carboxylic acid groups (broad SMARTS) is 1. The van der Waals surface area contributed by atoms with Gasteiger partial charge >= 0.3 is 12.1 Å². The molecule has 0 aromatic carbocycles. The fraction of sp³-hybridized carbons (Fsp3) is 0.682. The lowest BCUT2D eigenvalue weighted by Gasteiger charge is -2.46. The van der Waals surface area contributed by atoms with Crippen LogP contribution in [-0.4, -0.2) is 88.6 Å². The van der Waals surface area contributed by atoms with Gasteiger partial charge in [-0.05, 0) is 38.5 Å². The predicted octanol–water partition coefficient (Wildman–Crippen LogP) is 2.07. The topological polar surface area (TPSA) is 107 Å². The van der Waals surface area contributed by atoms with Crippen LogP contribution in [0.25, 0.3) is 0 Å². The largest absolute Gasteiger partial charge is 0.490 e. The van der Waals surface area contributed by atoms with Crippen LogP contribution in [0.1, 0.15) is 54.6 Å². The molecule has 12 heteroatoms. The molecule has 3 aliphatic heterocycles. The molecule has 1 spiro atoms. The van der Waals surface area contributed by atoms with Gasteiger partial charge in [-0.1, -0.05) is 0 Å². The molecule has 34 heavy (non-hydrogen) atoms. The zero-order chi connectivity index (χ0) is 24.7. The van der Waals surface area contributed by atoms with Crippen LogP contribution in [-0.2, 0) is 15.0 Å². The normalized spacial score (nSPS) is 21.8. The standard InChI is InChI=1S/C20H27N5O2.C2HF3O2/c1-23-13-20(6-10-24(11-7-20)17(26)14-4-5-14)16-15(18(23)27)12-21-19(22-16)25-8-2-3-9-25;3-2(4,5)1(6)7/h12,14H,2-11,13H2,1H3;(H,6,7). The molecule has 4 aliphatic rings. The minimum atomic E-state index is -5.08. The van der Waals surface area contributed by atoms with Gasteiger partial charge in [-0.25, -0.2) is 14.8 Å². The molecule has 4 heterocycles. The summed E-state index contributed by atoms with van der Waals surface area (Å²) in [6.07, 6.45) is 2.83. The Morgan fingerprint density at radius 2 is 1.71 bits per heavy atom. The van der Waals surface area contributed by atoms with Crippen molar-refractivity contribution in [1.82, 2.24) is 19.8 Å². The molecule has 5 rings (SSSR count). The van der Waals surface area contributed by atoms with Crippen molar-refractivity contribution in [2.45, 2.75) is 50.1 Å². The van der Waals surface area contributed by atoms with E-state index in [9.17, 15) is 22.8 Å². The molecular weight excluding hydrogens is 455 g/mol. The molecule has 0 unspecified atom stereocenters. The van der Waals surface area contributed by atoms with Gasteiger partial charge in [-0.3, -0.25) is 9.59 Å². The number of likely N-dealkylation sites (tertiary alicyclic amines) is 1. The molecule has 3 fully saturated rings. The first kappa shape index (κ1) is 24.2. The molecule has 1 aromatic rings. The predicted molar refractivity (Wildman–Crippen MR) is 114 cm³/mol. The summed E-state index contributed by atoms with van der Waals surface area (Å²) in [5.74, 6) is -1.39. The van der Waals surface area contributed by atoms with Crippen molar-refractivity contribution in [3.63, 3.8) is 0 Å². The number of anilines is 1. The summed E-state index contributed by atoms with van der Waals surface area (Å²) in [5, 5.41) is 7.12. The summed E-state index contributed by atoms with van der Waals surface area (Å²) in [6, 6.07) is 0. The molecule has 0 atom stereocenters. The zero-order valence-corrected chi connectivity index (χ0v) is 19.0. The molecule has 1 N–H and O–H groups in total. The van der Waals surface area contributed by atoms with Gasteiger partial charge < -0.3 is 19.8 Å². The van der Waals surface area contributed by atoms with E-state index >= 15 is 0 Å². The van der Waals surface area contributed by atoms with Crippen LogP contribution < -0.4 is 4.90 Å². The SMILES string of the molecule is CN1CC2(CCN(C(=O)C3CC3)CC2)c2nc(N3CCCC3)ncc2C1=O.O=C(O)C(F)(F)F. The minimum Gasteiger partial charge on any atom is -0.475 e. The van der Waals surface area contributed by atoms with E-state index < -0.39 is 12.1 Å². The average Bonchev–Trinajstić information content (AvgIpc) is 3.51. The number of alkyl halides is 3. The maximum absolute atomic E-state index is 12.7. The number of hydrogen-bond donors (Lipinski definition) is 1. The van der Waals surface area contributed by atoms with Gasteiger partial charge in [0.15, 0.2) is 0 Å². The molecule has 2 amide bonds. The number of likely N-dealkylation sites (N-methyl/N-ethyl adjacent to an activating group) is 1. The highest BCUT2D eigenvalue weighted by Crippen LogP contribution is 2.42. The molecule has 1 saturated carbocycles. The molecule has 186 valence electrons. The number of carbonyl (C=O) groups is 3. The maximum atomic E-state index is 12.7. The van der Waals surface area contributed by atoms with Crippen LogP contribution in [0, 0.1) is 5.92 Å². The van der Waals surface area contributed by atoms with Crippen LogP contribution in [0.4, 0.5) is 19.1 Å². The monoisotopic (exact) mass is 483 g/mol. The Balaban J connectivity index is 0.000000344. The van der Waals surface area contributed by atoms with Crippen molar-refractivity contribution in [3.8, 4) is 0 Å². The van der Waals surface area contributed by atoms with Gasteiger partial charge in [-0.15, -0.1) is 0 Å². The van der Waals surface area contributed by atoms with Crippen molar-refractivity contribution in [2.24, 2.45) is 5.92 Å². The zero-order valence-electron chi connectivity index (χ0n) is 19.0. The lowest BCUT2D eigenvalue weighted by molar-refractivity contribution is -0.192. The average molecular weight is 483 g/mol. The number of fused-ring (bicyclic) bond motifs is 2. The molecule has 1 aliphatic carbocycles. The number of amides is 2. The number of aromatic nitrogens is 2. The third-order valence-corrected chi connectivity index (χ3v) is 6.99. The van der Waals surface area contributed by atoms with Crippen molar-refractivity contribution in [1.29, 1.82) is 0 Å². The Morgan fingerprint density at radius 3 is 2.24 bits per heavy atom. The number of hydrogen-bond acceptors (Lipinski definition) is 6. The summed E-state index contributed by atoms with van der Waals surface area (Å²) in [4.78, 5) is 49.6. The molecule has 0 radical (unpaired) electrons. The van der Waals surface area contributed by atoms with E-state index in [-0.39, 0.29) is 17.2 Å².